The minimum atomic E-state index is -1.19. The van der Waals surface area contributed by atoms with Gasteiger partial charge in [-0.1, -0.05) is 6.07 Å². The Bertz CT molecular complexity index is 1360. The van der Waals surface area contributed by atoms with Crippen molar-refractivity contribution >= 4 is 16.8 Å². The molecule has 1 atom stereocenters. The summed E-state index contributed by atoms with van der Waals surface area (Å²) in [6.45, 7) is 3.80. The SMILES string of the molecule is O=C(N[C@@H](O)c1ccccn1)c1ccc2[nH]nc(-c3ccc(OC4CCN(C5COC5)CC4)cc3)c2c1. The number of carbonyl (C=O) groups excluding carboxylic acids is 1. The number of fused-ring (bicyclic) bond motifs is 1. The van der Waals surface area contributed by atoms with Crippen LogP contribution in [0.25, 0.3) is 22.2 Å². The average molecular weight is 500 g/mol. The smallest absolute Gasteiger partial charge is 0.253 e. The molecular formula is C28H29N5O4. The van der Waals surface area contributed by atoms with Gasteiger partial charge in [0.2, 0.25) is 0 Å². The van der Waals surface area contributed by atoms with Crippen LogP contribution < -0.4 is 10.1 Å². The van der Waals surface area contributed by atoms with Gasteiger partial charge < -0.3 is 19.9 Å². The van der Waals surface area contributed by atoms with Gasteiger partial charge in [-0.2, -0.15) is 5.10 Å². The predicted octanol–water partition coefficient (Wildman–Crippen LogP) is 3.29. The van der Waals surface area contributed by atoms with E-state index >= 15 is 0 Å². The molecule has 0 radical (unpaired) electrons. The van der Waals surface area contributed by atoms with Gasteiger partial charge in [0.25, 0.3) is 5.91 Å². The van der Waals surface area contributed by atoms with Crippen molar-refractivity contribution in [2.24, 2.45) is 0 Å². The van der Waals surface area contributed by atoms with Crippen molar-refractivity contribution in [2.75, 3.05) is 26.3 Å². The zero-order chi connectivity index (χ0) is 25.2. The topological polar surface area (TPSA) is 113 Å². The summed E-state index contributed by atoms with van der Waals surface area (Å²) in [6, 6.07) is 19.0. The van der Waals surface area contributed by atoms with Crippen LogP contribution in [0.5, 0.6) is 5.75 Å². The van der Waals surface area contributed by atoms with E-state index in [4.69, 9.17) is 9.47 Å². The highest BCUT2D eigenvalue weighted by Gasteiger charge is 2.30. The number of H-pyrrole nitrogens is 1. The van der Waals surface area contributed by atoms with Gasteiger partial charge in [0.1, 0.15) is 11.9 Å². The maximum Gasteiger partial charge on any atom is 0.253 e. The molecule has 0 spiro atoms. The Morgan fingerprint density at radius 3 is 2.62 bits per heavy atom. The Morgan fingerprint density at radius 1 is 1.11 bits per heavy atom. The molecule has 2 aromatic heterocycles. The van der Waals surface area contributed by atoms with Crippen LogP contribution in [-0.2, 0) is 4.74 Å². The monoisotopic (exact) mass is 499 g/mol. The number of aromatic nitrogens is 3. The summed E-state index contributed by atoms with van der Waals surface area (Å²) < 4.78 is 11.6. The Morgan fingerprint density at radius 2 is 1.92 bits per heavy atom. The molecule has 3 N–H and O–H groups in total. The molecular weight excluding hydrogens is 470 g/mol. The van der Waals surface area contributed by atoms with Crippen molar-refractivity contribution in [2.45, 2.75) is 31.2 Å². The van der Waals surface area contributed by atoms with Gasteiger partial charge in [0, 0.05) is 35.8 Å². The first kappa shape index (κ1) is 23.6. The van der Waals surface area contributed by atoms with Crippen LogP contribution in [0.4, 0.5) is 0 Å². The van der Waals surface area contributed by atoms with Crippen LogP contribution in [0.1, 0.15) is 35.1 Å². The zero-order valence-corrected chi connectivity index (χ0v) is 20.3. The first-order valence-corrected chi connectivity index (χ1v) is 12.6. The number of aliphatic hydroxyl groups is 1. The molecule has 4 heterocycles. The third-order valence-electron chi connectivity index (χ3n) is 7.10. The van der Waals surface area contributed by atoms with Crippen LogP contribution in [0.15, 0.2) is 66.9 Å². The average Bonchev–Trinajstić information content (AvgIpc) is 3.33. The van der Waals surface area contributed by atoms with E-state index in [2.05, 4.69) is 25.4 Å². The van der Waals surface area contributed by atoms with Crippen molar-refractivity contribution < 1.29 is 19.4 Å². The summed E-state index contributed by atoms with van der Waals surface area (Å²) in [4.78, 5) is 19.4. The van der Waals surface area contributed by atoms with Crippen molar-refractivity contribution in [1.29, 1.82) is 0 Å². The Kier molecular flexibility index (Phi) is 6.57. The van der Waals surface area contributed by atoms with Gasteiger partial charge in [-0.3, -0.25) is 19.8 Å². The van der Waals surface area contributed by atoms with E-state index in [9.17, 15) is 9.90 Å². The van der Waals surface area contributed by atoms with Crippen molar-refractivity contribution in [3.05, 3.63) is 78.1 Å². The lowest BCUT2D eigenvalue weighted by Gasteiger charge is -2.41. The van der Waals surface area contributed by atoms with Gasteiger partial charge in [0.15, 0.2) is 6.23 Å². The molecule has 2 aromatic carbocycles. The molecule has 0 saturated carbocycles. The molecule has 0 unspecified atom stereocenters. The number of nitrogens with zero attached hydrogens (tertiary/aromatic N) is 3. The molecule has 6 rings (SSSR count). The Labute approximate surface area is 214 Å². The largest absolute Gasteiger partial charge is 0.490 e. The Balaban J connectivity index is 1.13. The molecule has 0 aliphatic carbocycles. The summed E-state index contributed by atoms with van der Waals surface area (Å²) in [5.74, 6) is 0.449. The molecule has 2 saturated heterocycles. The van der Waals surface area contributed by atoms with Crippen molar-refractivity contribution in [3.63, 3.8) is 0 Å². The molecule has 2 aliphatic rings. The van der Waals surface area contributed by atoms with E-state index in [1.807, 2.05) is 30.3 Å². The van der Waals surface area contributed by atoms with Crippen molar-refractivity contribution in [3.8, 4) is 17.0 Å². The summed E-state index contributed by atoms with van der Waals surface area (Å²) >= 11 is 0. The second kappa shape index (κ2) is 10.3. The van der Waals surface area contributed by atoms with Crippen LogP contribution in [0.2, 0.25) is 0 Å². The number of nitrogens with one attached hydrogen (secondary N) is 2. The molecule has 1 amide bonds. The number of benzene rings is 2. The number of hydrogen-bond donors (Lipinski definition) is 3. The Hall–Kier alpha value is -3.79. The number of aromatic amines is 1. The molecule has 9 heteroatoms. The summed E-state index contributed by atoms with van der Waals surface area (Å²) in [6.07, 6.45) is 2.63. The fourth-order valence-corrected chi connectivity index (χ4v) is 4.87. The van der Waals surface area contributed by atoms with E-state index in [0.29, 0.717) is 17.3 Å². The van der Waals surface area contributed by atoms with Gasteiger partial charge >= 0.3 is 0 Å². The molecule has 2 aliphatic heterocycles. The number of carbonyl (C=O) groups is 1. The number of piperidine rings is 1. The van der Waals surface area contributed by atoms with Crippen LogP contribution in [0, 0.1) is 0 Å². The zero-order valence-electron chi connectivity index (χ0n) is 20.3. The van der Waals surface area contributed by atoms with E-state index < -0.39 is 12.1 Å². The minimum Gasteiger partial charge on any atom is -0.490 e. The minimum absolute atomic E-state index is 0.219. The molecule has 37 heavy (non-hydrogen) atoms. The van der Waals surface area contributed by atoms with Gasteiger partial charge in [-0.25, -0.2) is 0 Å². The molecule has 4 aromatic rings. The summed E-state index contributed by atoms with van der Waals surface area (Å²) in [5, 5.41) is 21.3. The predicted molar refractivity (Wildman–Crippen MR) is 138 cm³/mol. The second-order valence-electron chi connectivity index (χ2n) is 9.53. The van der Waals surface area contributed by atoms with Gasteiger partial charge in [0.05, 0.1) is 36.2 Å². The maximum absolute atomic E-state index is 12.8. The molecule has 190 valence electrons. The summed E-state index contributed by atoms with van der Waals surface area (Å²) in [5.41, 5.74) is 3.29. The second-order valence-corrected chi connectivity index (χ2v) is 9.53. The van der Waals surface area contributed by atoms with Crippen LogP contribution in [0.3, 0.4) is 0 Å². The standard InChI is InChI=1S/C28H29N5O4/c34-27(30-28(35)25-3-1-2-12-29-25)19-6-9-24-23(15-19)26(32-31-24)18-4-7-21(8-5-18)37-22-10-13-33(14-11-22)20-16-36-17-20/h1-9,12,15,20,22,28,35H,10-11,13-14,16-17H2,(H,30,34)(H,31,32)/t28-/m0/s1. The number of likely N-dealkylation sites (tertiary alicyclic amines) is 1. The number of aliphatic hydroxyl groups excluding tert-OH is 1. The van der Waals surface area contributed by atoms with Crippen LogP contribution in [-0.4, -0.2) is 69.5 Å². The summed E-state index contributed by atoms with van der Waals surface area (Å²) in [7, 11) is 0. The molecule has 9 nitrogen and oxygen atoms in total. The highest BCUT2D eigenvalue weighted by Crippen LogP contribution is 2.30. The fraction of sp³-hybridized carbons (Fsp3) is 0.321. The number of amides is 1. The van der Waals surface area contributed by atoms with Crippen molar-refractivity contribution in [1.82, 2.24) is 25.4 Å². The van der Waals surface area contributed by atoms with E-state index in [-0.39, 0.29) is 6.10 Å². The van der Waals surface area contributed by atoms with Gasteiger partial charge in [-0.15, -0.1) is 0 Å². The lowest BCUT2D eigenvalue weighted by atomic mass is 10.0. The highest BCUT2D eigenvalue weighted by atomic mass is 16.5. The number of hydrogen-bond acceptors (Lipinski definition) is 7. The highest BCUT2D eigenvalue weighted by molar-refractivity contribution is 6.01. The molecule has 0 bridgehead atoms. The van der Waals surface area contributed by atoms with E-state index in [1.165, 1.54) is 0 Å². The first-order chi connectivity index (χ1) is 18.1. The normalized spacial score (nSPS) is 17.9. The van der Waals surface area contributed by atoms with E-state index in [1.54, 1.807) is 36.5 Å². The first-order valence-electron chi connectivity index (χ1n) is 12.6. The number of pyridine rings is 1. The number of ether oxygens (including phenoxy) is 2. The lowest BCUT2D eigenvalue weighted by Crippen LogP contribution is -2.52. The van der Waals surface area contributed by atoms with Gasteiger partial charge in [-0.05, 0) is 67.4 Å². The fourth-order valence-electron chi connectivity index (χ4n) is 4.87. The quantitative estimate of drug-likeness (QED) is 0.335. The van der Waals surface area contributed by atoms with Crippen LogP contribution >= 0.6 is 0 Å². The number of rotatable bonds is 7. The lowest BCUT2D eigenvalue weighted by molar-refractivity contribution is -0.0778. The third kappa shape index (κ3) is 5.06. The maximum atomic E-state index is 12.8. The molecule has 2 fully saturated rings. The third-order valence-corrected chi connectivity index (χ3v) is 7.10. The van der Waals surface area contributed by atoms with E-state index in [0.717, 1.165) is 67.1 Å².